The van der Waals surface area contributed by atoms with E-state index in [0.29, 0.717) is 18.0 Å². The molecule has 0 aromatic carbocycles. The zero-order valence-electron chi connectivity index (χ0n) is 16.2. The normalized spacial score (nSPS) is 19.7. The van der Waals surface area contributed by atoms with Crippen LogP contribution in [0.2, 0.25) is 0 Å². The first-order valence-electron chi connectivity index (χ1n) is 9.20. The Labute approximate surface area is 155 Å². The van der Waals surface area contributed by atoms with Crippen LogP contribution in [0.1, 0.15) is 46.9 Å². The summed E-state index contributed by atoms with van der Waals surface area (Å²) < 4.78 is 0. The zero-order valence-corrected chi connectivity index (χ0v) is 16.2. The van der Waals surface area contributed by atoms with E-state index in [9.17, 15) is 4.79 Å². The summed E-state index contributed by atoms with van der Waals surface area (Å²) in [6.07, 6.45) is 4.35. The van der Waals surface area contributed by atoms with Crippen molar-refractivity contribution in [2.24, 2.45) is 5.92 Å². The van der Waals surface area contributed by atoms with Gasteiger partial charge in [-0.25, -0.2) is 9.97 Å². The van der Waals surface area contributed by atoms with E-state index < -0.39 is 0 Å². The molecule has 0 saturated carbocycles. The lowest BCUT2D eigenvalue weighted by molar-refractivity contribution is 0.0786. The second kappa shape index (κ2) is 7.40. The molecule has 1 N–H and O–H groups in total. The molecule has 3 heterocycles. The highest BCUT2D eigenvalue weighted by Gasteiger charge is 2.33. The molecule has 6 heteroatoms. The van der Waals surface area contributed by atoms with Gasteiger partial charge in [0.05, 0.1) is 5.56 Å². The number of aryl methyl sites for hydroxylation is 3. The van der Waals surface area contributed by atoms with Crippen LogP contribution in [0, 0.1) is 26.7 Å². The average molecular weight is 353 g/mol. The summed E-state index contributed by atoms with van der Waals surface area (Å²) in [5.41, 5.74) is 3.80. The number of aromatic nitrogens is 3. The Morgan fingerprint density at radius 3 is 2.73 bits per heavy atom. The highest BCUT2D eigenvalue weighted by Crippen LogP contribution is 2.24. The van der Waals surface area contributed by atoms with Gasteiger partial charge in [-0.3, -0.25) is 9.78 Å². The molecule has 0 aliphatic carbocycles. The van der Waals surface area contributed by atoms with Crippen LogP contribution in [-0.4, -0.2) is 44.9 Å². The molecule has 6 nitrogen and oxygen atoms in total. The lowest BCUT2D eigenvalue weighted by atomic mass is 10.1. The molecule has 2 aromatic heterocycles. The van der Waals surface area contributed by atoms with E-state index in [-0.39, 0.29) is 11.9 Å². The van der Waals surface area contributed by atoms with Crippen molar-refractivity contribution in [3.8, 4) is 0 Å². The van der Waals surface area contributed by atoms with Gasteiger partial charge >= 0.3 is 0 Å². The van der Waals surface area contributed by atoms with Crippen LogP contribution >= 0.6 is 0 Å². The van der Waals surface area contributed by atoms with Gasteiger partial charge in [0.25, 0.3) is 5.91 Å². The third kappa shape index (κ3) is 3.69. The summed E-state index contributed by atoms with van der Waals surface area (Å²) >= 11 is 0. The lowest BCUT2D eigenvalue weighted by Gasteiger charge is -2.20. The van der Waals surface area contributed by atoms with Crippen LogP contribution < -0.4 is 5.32 Å². The molecular weight excluding hydrogens is 326 g/mol. The maximum absolute atomic E-state index is 12.9. The quantitative estimate of drug-likeness (QED) is 0.915. The third-order valence-corrected chi connectivity index (χ3v) is 5.17. The molecule has 2 aromatic rings. The first-order chi connectivity index (χ1) is 12.4. The third-order valence-electron chi connectivity index (χ3n) is 5.17. The van der Waals surface area contributed by atoms with Gasteiger partial charge in [0.15, 0.2) is 0 Å². The Hall–Kier alpha value is -2.50. The predicted molar refractivity (Wildman–Crippen MR) is 102 cm³/mol. The topological polar surface area (TPSA) is 71.0 Å². The molecule has 138 valence electrons. The van der Waals surface area contributed by atoms with Gasteiger partial charge in [-0.05, 0) is 44.7 Å². The van der Waals surface area contributed by atoms with Crippen molar-refractivity contribution in [2.75, 3.05) is 18.4 Å². The first kappa shape index (κ1) is 18.3. The Bertz CT molecular complexity index is 820. The molecule has 2 atom stereocenters. The molecule has 1 aliphatic rings. The van der Waals surface area contributed by atoms with Crippen molar-refractivity contribution < 1.29 is 4.79 Å². The number of anilines is 1. The van der Waals surface area contributed by atoms with Crippen molar-refractivity contribution in [1.82, 2.24) is 19.9 Å². The van der Waals surface area contributed by atoms with E-state index in [1.54, 1.807) is 6.20 Å². The molecule has 0 unspecified atom stereocenters. The standard InChI is InChI=1S/C20H27N5O/c1-6-16-7-17(9-21-8-16)20(26)25-10-12(2)18(11-25)24-19-13(3)14(4)22-15(5)23-19/h7-9,12,18H,6,10-11H2,1-5H3,(H,22,23,24)/t12-,18-/m1/s1. The molecule has 1 amide bonds. The summed E-state index contributed by atoms with van der Waals surface area (Å²) in [5.74, 6) is 2.03. The largest absolute Gasteiger partial charge is 0.365 e. The monoisotopic (exact) mass is 353 g/mol. The van der Waals surface area contributed by atoms with Crippen LogP contribution in [0.5, 0.6) is 0 Å². The molecule has 0 spiro atoms. The van der Waals surface area contributed by atoms with Crippen molar-refractivity contribution in [3.05, 3.63) is 46.7 Å². The minimum absolute atomic E-state index is 0.0516. The first-order valence-corrected chi connectivity index (χ1v) is 9.20. The van der Waals surface area contributed by atoms with Crippen molar-refractivity contribution >= 4 is 11.7 Å². The summed E-state index contributed by atoms with van der Waals surface area (Å²) in [7, 11) is 0. The molecule has 3 rings (SSSR count). The van der Waals surface area contributed by atoms with E-state index in [2.05, 4.69) is 34.1 Å². The number of amides is 1. The number of pyridine rings is 1. The Morgan fingerprint density at radius 2 is 2.00 bits per heavy atom. The highest BCUT2D eigenvalue weighted by molar-refractivity contribution is 5.94. The average Bonchev–Trinajstić information content (AvgIpc) is 2.99. The molecule has 1 aliphatic heterocycles. The Kier molecular flexibility index (Phi) is 5.20. The lowest BCUT2D eigenvalue weighted by Crippen LogP contribution is -2.32. The minimum atomic E-state index is 0.0516. The van der Waals surface area contributed by atoms with Gasteiger partial charge in [0.2, 0.25) is 0 Å². The number of carbonyl (C=O) groups is 1. The second-order valence-electron chi connectivity index (χ2n) is 7.20. The van der Waals surface area contributed by atoms with Gasteiger partial charge in [-0.15, -0.1) is 0 Å². The van der Waals surface area contributed by atoms with Crippen LogP contribution in [0.15, 0.2) is 18.5 Å². The Morgan fingerprint density at radius 1 is 1.23 bits per heavy atom. The second-order valence-corrected chi connectivity index (χ2v) is 7.20. The number of nitrogens with one attached hydrogen (secondary N) is 1. The predicted octanol–water partition coefficient (Wildman–Crippen LogP) is 2.93. The van der Waals surface area contributed by atoms with Gasteiger partial charge in [0.1, 0.15) is 11.6 Å². The number of hydrogen-bond donors (Lipinski definition) is 1. The van der Waals surface area contributed by atoms with E-state index in [1.807, 2.05) is 37.9 Å². The number of carbonyl (C=O) groups excluding carboxylic acids is 1. The fraction of sp³-hybridized carbons (Fsp3) is 0.500. The summed E-state index contributed by atoms with van der Waals surface area (Å²) in [5, 5.41) is 3.54. The zero-order chi connectivity index (χ0) is 18.8. The number of likely N-dealkylation sites (tertiary alicyclic amines) is 1. The van der Waals surface area contributed by atoms with E-state index in [1.165, 1.54) is 0 Å². The van der Waals surface area contributed by atoms with Gasteiger partial charge in [0, 0.05) is 42.8 Å². The molecule has 0 bridgehead atoms. The molecule has 0 radical (unpaired) electrons. The fourth-order valence-electron chi connectivity index (χ4n) is 3.39. The van der Waals surface area contributed by atoms with E-state index in [0.717, 1.165) is 41.4 Å². The number of nitrogens with zero attached hydrogens (tertiary/aromatic N) is 4. The molecular formula is C20H27N5O. The molecule has 1 fully saturated rings. The molecule has 26 heavy (non-hydrogen) atoms. The Balaban J connectivity index is 1.74. The van der Waals surface area contributed by atoms with Crippen LogP contribution in [0.4, 0.5) is 5.82 Å². The van der Waals surface area contributed by atoms with Crippen molar-refractivity contribution in [2.45, 2.75) is 47.1 Å². The fourth-order valence-corrected chi connectivity index (χ4v) is 3.39. The maximum atomic E-state index is 12.9. The number of hydrogen-bond acceptors (Lipinski definition) is 5. The van der Waals surface area contributed by atoms with E-state index in [4.69, 9.17) is 0 Å². The maximum Gasteiger partial charge on any atom is 0.255 e. The summed E-state index contributed by atoms with van der Waals surface area (Å²) in [6.45, 7) is 11.6. The highest BCUT2D eigenvalue weighted by atomic mass is 16.2. The molecule has 1 saturated heterocycles. The van der Waals surface area contributed by atoms with Crippen molar-refractivity contribution in [3.63, 3.8) is 0 Å². The van der Waals surface area contributed by atoms with Crippen LogP contribution in [0.25, 0.3) is 0 Å². The van der Waals surface area contributed by atoms with Gasteiger partial charge in [-0.1, -0.05) is 13.8 Å². The minimum Gasteiger partial charge on any atom is -0.365 e. The number of rotatable bonds is 4. The van der Waals surface area contributed by atoms with Gasteiger partial charge < -0.3 is 10.2 Å². The van der Waals surface area contributed by atoms with Crippen molar-refractivity contribution in [1.29, 1.82) is 0 Å². The van der Waals surface area contributed by atoms with Crippen LogP contribution in [0.3, 0.4) is 0 Å². The van der Waals surface area contributed by atoms with Crippen LogP contribution in [-0.2, 0) is 6.42 Å². The summed E-state index contributed by atoms with van der Waals surface area (Å²) in [4.78, 5) is 27.9. The van der Waals surface area contributed by atoms with E-state index >= 15 is 0 Å². The van der Waals surface area contributed by atoms with Gasteiger partial charge in [-0.2, -0.15) is 0 Å². The smallest absolute Gasteiger partial charge is 0.255 e. The SMILES string of the molecule is CCc1cncc(C(=O)N2C[C@@H](C)[C@H](Nc3nc(C)nc(C)c3C)C2)c1. The summed E-state index contributed by atoms with van der Waals surface area (Å²) in [6, 6.07) is 2.12.